The predicted molar refractivity (Wildman–Crippen MR) is 264 cm³/mol. The normalized spacial score (nSPS) is 21.1. The van der Waals surface area contributed by atoms with Crippen molar-refractivity contribution in [2.45, 2.75) is 189 Å². The van der Waals surface area contributed by atoms with E-state index < -0.39 is 11.9 Å². The SMILES string of the molecule is CC[C@H]1c2cc3[nH]c4c(c5nc(cc6[nH]c(cc(n2)[C@@H]1C)/c(=C(/C)O)c6C)[C@@H](C)[C@@H]5CCC(=O)OCCC(C)CCC[C@@H](C)CCC[C@@H](C)CCCC(C)C)[C@@H](C(=O)OC)C(O)=c4c3C. The lowest BCUT2D eigenvalue weighted by Gasteiger charge is -2.19. The Bertz CT molecular complexity index is 2480. The Kier molecular flexibility index (Phi) is 16.7. The van der Waals surface area contributed by atoms with Crippen LogP contribution in [0.15, 0.2) is 18.2 Å². The molecule has 8 bridgehead atoms. The van der Waals surface area contributed by atoms with Gasteiger partial charge in [-0.05, 0) is 93.0 Å². The summed E-state index contributed by atoms with van der Waals surface area (Å²) in [4.78, 5) is 44.8. The lowest BCUT2D eigenvalue weighted by molar-refractivity contribution is -0.144. The van der Waals surface area contributed by atoms with Gasteiger partial charge in [0.25, 0.3) is 0 Å². The summed E-state index contributed by atoms with van der Waals surface area (Å²) in [5.74, 6) is 0.918. The third-order valence-corrected chi connectivity index (χ3v) is 15.3. The van der Waals surface area contributed by atoms with Crippen molar-refractivity contribution >= 4 is 45.5 Å². The van der Waals surface area contributed by atoms with Crippen LogP contribution >= 0.6 is 0 Å². The summed E-state index contributed by atoms with van der Waals surface area (Å²) in [6, 6.07) is 6.14. The second-order valence-corrected chi connectivity index (χ2v) is 20.8. The fourth-order valence-electron chi connectivity index (χ4n) is 11.0. The van der Waals surface area contributed by atoms with Gasteiger partial charge in [0.15, 0.2) is 0 Å². The van der Waals surface area contributed by atoms with Crippen LogP contribution in [0, 0.1) is 37.5 Å². The van der Waals surface area contributed by atoms with Gasteiger partial charge in [0.1, 0.15) is 11.7 Å². The number of H-pyrrole nitrogens is 2. The van der Waals surface area contributed by atoms with Gasteiger partial charge in [0.2, 0.25) is 0 Å². The minimum Gasteiger partial charge on any atom is -0.512 e. The number of aromatic nitrogens is 4. The topological polar surface area (TPSA) is 150 Å². The third-order valence-electron chi connectivity index (χ3n) is 15.3. The standard InChI is InChI=1S/C55H80N4O6/c1-13-39-34(7)41-29-46-48(38(11)60)36(9)43(57-46)27-42-35(8)40(52(58-42)50-51(55(63)64-12)54(62)49-37(10)44(59-53(49)50)28-45(39)56-41)23-24-47(61)65-26-25-33(6)22-16-21-32(5)20-15-19-31(4)18-14-17-30(2)3/h27-35,39-40,51,57,59-60,62H,13-26H2,1-12H3/b42-27?,45-28?,46-29?,48-38-/t31-,32-,33?,34+,35-,39+,40-,51+/m0/s1. The number of aromatic amines is 2. The second kappa shape index (κ2) is 21.8. The summed E-state index contributed by atoms with van der Waals surface area (Å²) in [6.45, 7) is 24.2. The molecule has 10 heteroatoms. The van der Waals surface area contributed by atoms with E-state index in [0.29, 0.717) is 40.9 Å². The van der Waals surface area contributed by atoms with Crippen LogP contribution in [0.5, 0.6) is 0 Å². The number of ether oxygens (including phenoxy) is 2. The van der Waals surface area contributed by atoms with E-state index in [9.17, 15) is 19.8 Å². The molecule has 3 aromatic heterocycles. The highest BCUT2D eigenvalue weighted by atomic mass is 16.5. The first kappa shape index (κ1) is 49.8. The van der Waals surface area contributed by atoms with Crippen LogP contribution in [-0.2, 0) is 19.1 Å². The Hall–Kier alpha value is -4.60. The van der Waals surface area contributed by atoms with Gasteiger partial charge in [-0.1, -0.05) is 113 Å². The highest BCUT2D eigenvalue weighted by molar-refractivity contribution is 5.96. The van der Waals surface area contributed by atoms with Crippen molar-refractivity contribution in [1.29, 1.82) is 0 Å². The van der Waals surface area contributed by atoms with Gasteiger partial charge in [-0.25, -0.2) is 0 Å². The molecular formula is C55H80N4O6. The summed E-state index contributed by atoms with van der Waals surface area (Å²) in [6.07, 6.45) is 13.9. The lowest BCUT2D eigenvalue weighted by Crippen LogP contribution is -2.18. The van der Waals surface area contributed by atoms with Gasteiger partial charge in [0, 0.05) is 74.2 Å². The Morgan fingerprint density at radius 2 is 1.31 bits per heavy atom. The largest absolute Gasteiger partial charge is 0.512 e. The maximum absolute atomic E-state index is 13.7. The minimum atomic E-state index is -1.08. The molecule has 3 aromatic rings. The molecule has 3 aliphatic rings. The number of esters is 2. The van der Waals surface area contributed by atoms with E-state index in [0.717, 1.165) is 87.0 Å². The predicted octanol–water partition coefficient (Wildman–Crippen LogP) is 12.5. The molecule has 0 spiro atoms. The van der Waals surface area contributed by atoms with Gasteiger partial charge in [0.05, 0.1) is 36.2 Å². The van der Waals surface area contributed by atoms with Crippen LogP contribution in [0.25, 0.3) is 33.6 Å². The molecule has 1 aliphatic carbocycles. The summed E-state index contributed by atoms with van der Waals surface area (Å²) >= 11 is 0. The van der Waals surface area contributed by atoms with E-state index >= 15 is 0 Å². The zero-order valence-corrected chi connectivity index (χ0v) is 41.7. The van der Waals surface area contributed by atoms with Crippen LogP contribution in [-0.4, -0.2) is 55.8 Å². The molecule has 0 saturated heterocycles. The van der Waals surface area contributed by atoms with Crippen LogP contribution in [0.2, 0.25) is 0 Å². The Morgan fingerprint density at radius 3 is 1.91 bits per heavy atom. The van der Waals surface area contributed by atoms with Crippen molar-refractivity contribution < 1.29 is 29.3 Å². The minimum absolute atomic E-state index is 0.0683. The fraction of sp³-hybridized carbons (Fsp3) is 0.636. The second-order valence-electron chi connectivity index (χ2n) is 20.8. The number of carbonyl (C=O) groups is 2. The Balaban J connectivity index is 1.23. The van der Waals surface area contributed by atoms with Crippen LogP contribution < -0.4 is 10.4 Å². The van der Waals surface area contributed by atoms with E-state index in [1.807, 2.05) is 19.9 Å². The van der Waals surface area contributed by atoms with Gasteiger partial charge >= 0.3 is 11.9 Å². The quantitative estimate of drug-likeness (QED) is 0.0819. The molecule has 356 valence electrons. The lowest BCUT2D eigenvalue weighted by atomic mass is 9.84. The number of fused-ring (bicyclic) bond motifs is 8. The third kappa shape index (κ3) is 11.2. The average Bonchev–Trinajstić information content (AvgIpc) is 4.00. The van der Waals surface area contributed by atoms with E-state index in [4.69, 9.17) is 19.4 Å². The molecule has 0 aromatic carbocycles. The molecule has 6 rings (SSSR count). The number of nitrogens with one attached hydrogen (secondary N) is 2. The molecule has 5 heterocycles. The van der Waals surface area contributed by atoms with Crippen molar-refractivity contribution in [3.8, 4) is 0 Å². The van der Waals surface area contributed by atoms with Gasteiger partial charge in [-0.3, -0.25) is 19.6 Å². The number of aliphatic hydroxyl groups excluding tert-OH is 2. The summed E-state index contributed by atoms with van der Waals surface area (Å²) in [5.41, 5.74) is 8.55. The number of rotatable bonds is 20. The summed E-state index contributed by atoms with van der Waals surface area (Å²) < 4.78 is 11.2. The number of hydrogen-bond donors (Lipinski definition) is 4. The smallest absolute Gasteiger partial charge is 0.321 e. The first-order valence-electron chi connectivity index (χ1n) is 25.1. The first-order valence-corrected chi connectivity index (χ1v) is 25.1. The molecule has 0 fully saturated rings. The van der Waals surface area contributed by atoms with Crippen LogP contribution in [0.3, 0.4) is 0 Å². The zero-order chi connectivity index (χ0) is 47.3. The molecule has 65 heavy (non-hydrogen) atoms. The van der Waals surface area contributed by atoms with E-state index in [2.05, 4.69) is 77.5 Å². The molecule has 2 aliphatic heterocycles. The van der Waals surface area contributed by atoms with Crippen molar-refractivity contribution in [3.63, 3.8) is 0 Å². The van der Waals surface area contributed by atoms with E-state index in [1.165, 1.54) is 58.5 Å². The van der Waals surface area contributed by atoms with Crippen molar-refractivity contribution in [1.82, 2.24) is 19.9 Å². The van der Waals surface area contributed by atoms with E-state index in [1.54, 1.807) is 6.92 Å². The zero-order valence-electron chi connectivity index (χ0n) is 41.7. The number of aryl methyl sites for hydroxylation is 2. The molecule has 4 N–H and O–H groups in total. The van der Waals surface area contributed by atoms with Crippen LogP contribution in [0.1, 0.15) is 215 Å². The van der Waals surface area contributed by atoms with Crippen molar-refractivity contribution in [2.24, 2.45) is 23.7 Å². The number of hydrogen-bond acceptors (Lipinski definition) is 8. The van der Waals surface area contributed by atoms with Gasteiger partial charge < -0.3 is 29.7 Å². The molecule has 8 atom stereocenters. The molecule has 1 unspecified atom stereocenters. The van der Waals surface area contributed by atoms with Gasteiger partial charge in [-0.2, -0.15) is 0 Å². The molecular weight excluding hydrogens is 813 g/mol. The molecule has 0 radical (unpaired) electrons. The molecule has 0 amide bonds. The molecule has 0 saturated carbocycles. The Morgan fingerprint density at radius 1 is 0.754 bits per heavy atom. The fourth-order valence-corrected chi connectivity index (χ4v) is 11.0. The molecule has 10 nitrogen and oxygen atoms in total. The monoisotopic (exact) mass is 893 g/mol. The van der Waals surface area contributed by atoms with Gasteiger partial charge in [-0.15, -0.1) is 0 Å². The number of carbonyl (C=O) groups excluding carboxylic acids is 2. The summed E-state index contributed by atoms with van der Waals surface area (Å²) in [5, 5.41) is 24.2. The number of methoxy groups -OCH3 is 1. The Labute approximate surface area is 388 Å². The van der Waals surface area contributed by atoms with Crippen molar-refractivity contribution in [3.05, 3.63) is 68.1 Å². The number of aliphatic hydroxyl groups is 2. The number of nitrogens with zero attached hydrogens (tertiary/aromatic N) is 2. The maximum atomic E-state index is 13.7. The van der Waals surface area contributed by atoms with Crippen molar-refractivity contribution in [2.75, 3.05) is 13.7 Å². The first-order chi connectivity index (χ1) is 30.9. The highest BCUT2D eigenvalue weighted by Crippen LogP contribution is 2.46. The average molecular weight is 893 g/mol. The highest BCUT2D eigenvalue weighted by Gasteiger charge is 2.42. The summed E-state index contributed by atoms with van der Waals surface area (Å²) in [7, 11) is 1.33. The van der Waals surface area contributed by atoms with Crippen LogP contribution in [0.4, 0.5) is 0 Å². The maximum Gasteiger partial charge on any atom is 0.321 e. The van der Waals surface area contributed by atoms with E-state index in [-0.39, 0.29) is 47.6 Å².